The van der Waals surface area contributed by atoms with Crippen LogP contribution in [0.1, 0.15) is 13.2 Å². The number of carbonyl (C=O) groups excluding carboxylic acids is 1. The Morgan fingerprint density at radius 2 is 2.03 bits per heavy atom. The van der Waals surface area contributed by atoms with Gasteiger partial charge in [-0.15, -0.1) is 11.7 Å². The van der Waals surface area contributed by atoms with Crippen molar-refractivity contribution in [3.05, 3.63) is 47.8 Å². The normalized spacial score (nSPS) is 26.8. The van der Waals surface area contributed by atoms with E-state index in [1.54, 1.807) is 10.6 Å². The lowest BCUT2D eigenvalue weighted by Crippen LogP contribution is -2.62. The van der Waals surface area contributed by atoms with Crippen molar-refractivity contribution in [1.82, 2.24) is 19.7 Å². The summed E-state index contributed by atoms with van der Waals surface area (Å²) in [5.41, 5.74) is 0.811. The molecule has 4 N–H and O–H groups in total. The number of aromatic nitrogens is 3. The quantitative estimate of drug-likeness (QED) is 0.394. The minimum absolute atomic E-state index is 0.282. The molecule has 1 aliphatic rings. The van der Waals surface area contributed by atoms with Gasteiger partial charge in [-0.2, -0.15) is 0 Å². The maximum Gasteiger partial charge on any atom is 0.217 e. The fourth-order valence-electron chi connectivity index (χ4n) is 3.37. The molecule has 1 fully saturated rings. The number of carbonyl (C=O) groups is 1. The third-order valence-electron chi connectivity index (χ3n) is 4.74. The van der Waals surface area contributed by atoms with Crippen LogP contribution in [0.4, 0.5) is 0 Å². The fourth-order valence-corrected chi connectivity index (χ4v) is 3.68. The van der Waals surface area contributed by atoms with E-state index < -0.39 is 43.1 Å². The molecule has 5 unspecified atom stereocenters. The van der Waals surface area contributed by atoms with Gasteiger partial charge in [0.15, 0.2) is 12.1 Å². The maximum absolute atomic E-state index is 11.7. The molecule has 2 heterocycles. The number of amides is 1. The van der Waals surface area contributed by atoms with Gasteiger partial charge in [-0.25, -0.2) is 4.68 Å². The van der Waals surface area contributed by atoms with Crippen LogP contribution in [-0.2, 0) is 16.1 Å². The highest BCUT2D eigenvalue weighted by Gasteiger charge is 2.46. The van der Waals surface area contributed by atoms with E-state index in [0.717, 1.165) is 5.56 Å². The number of rotatable bonds is 6. The molecule has 0 aliphatic carbocycles. The van der Waals surface area contributed by atoms with E-state index in [1.807, 2.05) is 30.3 Å². The molecule has 156 valence electrons. The van der Waals surface area contributed by atoms with Crippen molar-refractivity contribution in [2.45, 2.75) is 44.1 Å². The highest BCUT2D eigenvalue weighted by molar-refractivity contribution is 7.71. The minimum Gasteiger partial charge on any atom is -0.394 e. The average Bonchev–Trinajstić information content (AvgIpc) is 3.03. The molecule has 9 nitrogen and oxygen atoms in total. The van der Waals surface area contributed by atoms with E-state index in [4.69, 9.17) is 17.0 Å². The third kappa shape index (κ3) is 4.16. The summed E-state index contributed by atoms with van der Waals surface area (Å²) >= 11 is 5.58. The molecule has 1 aromatic heterocycles. The molecule has 0 spiro atoms. The molecule has 1 saturated heterocycles. The van der Waals surface area contributed by atoms with Crippen molar-refractivity contribution in [3.63, 3.8) is 0 Å². The number of nitrogens with zero attached hydrogens (tertiary/aromatic N) is 3. The van der Waals surface area contributed by atoms with Crippen molar-refractivity contribution < 1.29 is 24.9 Å². The average molecular weight is 420 g/mol. The van der Waals surface area contributed by atoms with Crippen LogP contribution >= 0.6 is 12.2 Å². The second-order valence-electron chi connectivity index (χ2n) is 6.77. The van der Waals surface area contributed by atoms with E-state index in [9.17, 15) is 20.1 Å². The molecule has 1 aromatic carbocycles. The second kappa shape index (κ2) is 8.97. The number of aliphatic hydroxyl groups is 3. The Labute approximate surface area is 172 Å². The number of benzene rings is 1. The minimum atomic E-state index is -1.39. The molecular weight excluding hydrogens is 396 g/mol. The SMILES string of the molecule is C=CCn1c(-c2ccccc2)nn(C2OC(CO)C(O)C(O)C2NC(C)=O)c1=S. The molecule has 0 saturated carbocycles. The Morgan fingerprint density at radius 1 is 1.34 bits per heavy atom. The van der Waals surface area contributed by atoms with Crippen LogP contribution in [0.25, 0.3) is 11.4 Å². The number of hydrogen-bond donors (Lipinski definition) is 4. The first kappa shape index (κ1) is 21.3. The lowest BCUT2D eigenvalue weighted by molar-refractivity contribution is -0.219. The Kier molecular flexibility index (Phi) is 6.60. The topological polar surface area (TPSA) is 122 Å². The van der Waals surface area contributed by atoms with Crippen molar-refractivity contribution in [1.29, 1.82) is 0 Å². The number of nitrogens with one attached hydrogen (secondary N) is 1. The molecule has 3 rings (SSSR count). The lowest BCUT2D eigenvalue weighted by Gasteiger charge is -2.42. The highest BCUT2D eigenvalue weighted by atomic mass is 32.1. The Morgan fingerprint density at radius 3 is 2.62 bits per heavy atom. The number of ether oxygens (including phenoxy) is 1. The van der Waals surface area contributed by atoms with Crippen LogP contribution in [-0.4, -0.2) is 66.5 Å². The van der Waals surface area contributed by atoms with Crippen molar-refractivity contribution in [2.75, 3.05) is 6.61 Å². The molecular formula is C19H24N4O5S. The molecule has 1 aliphatic heterocycles. The zero-order valence-electron chi connectivity index (χ0n) is 15.9. The molecule has 2 aromatic rings. The van der Waals surface area contributed by atoms with E-state index in [0.29, 0.717) is 12.4 Å². The van der Waals surface area contributed by atoms with E-state index >= 15 is 0 Å². The predicted molar refractivity (Wildman–Crippen MR) is 107 cm³/mol. The first-order valence-electron chi connectivity index (χ1n) is 9.14. The second-order valence-corrected chi connectivity index (χ2v) is 7.14. The number of hydrogen-bond acceptors (Lipinski definition) is 7. The van der Waals surface area contributed by atoms with Crippen molar-refractivity contribution in [3.8, 4) is 11.4 Å². The summed E-state index contributed by atoms with van der Waals surface area (Å²) in [4.78, 5) is 11.7. The van der Waals surface area contributed by atoms with Crippen LogP contribution in [0.3, 0.4) is 0 Å². The van der Waals surface area contributed by atoms with Crippen molar-refractivity contribution in [2.24, 2.45) is 0 Å². The van der Waals surface area contributed by atoms with Crippen LogP contribution in [0.5, 0.6) is 0 Å². The summed E-state index contributed by atoms with van der Waals surface area (Å²) in [6.07, 6.45) is -3.19. The summed E-state index contributed by atoms with van der Waals surface area (Å²) in [6, 6.07) is 8.36. The first-order valence-corrected chi connectivity index (χ1v) is 9.55. The van der Waals surface area contributed by atoms with Crippen LogP contribution in [0, 0.1) is 4.77 Å². The summed E-state index contributed by atoms with van der Waals surface area (Å²) < 4.78 is 9.20. The predicted octanol–water partition coefficient (Wildman–Crippen LogP) is 0.383. The zero-order chi connectivity index (χ0) is 21.1. The smallest absolute Gasteiger partial charge is 0.217 e. The molecule has 5 atom stereocenters. The number of aliphatic hydroxyl groups excluding tert-OH is 3. The van der Waals surface area contributed by atoms with Gasteiger partial charge in [-0.05, 0) is 12.2 Å². The Hall–Kier alpha value is -2.37. The van der Waals surface area contributed by atoms with Gasteiger partial charge in [0.25, 0.3) is 0 Å². The van der Waals surface area contributed by atoms with Crippen molar-refractivity contribution >= 4 is 18.1 Å². The fraction of sp³-hybridized carbons (Fsp3) is 0.421. The number of allylic oxidation sites excluding steroid dienone is 1. The van der Waals surface area contributed by atoms with Crippen LogP contribution < -0.4 is 5.32 Å². The summed E-state index contributed by atoms with van der Waals surface area (Å²) in [6.45, 7) is 4.91. The maximum atomic E-state index is 11.7. The van der Waals surface area contributed by atoms with Gasteiger partial charge < -0.3 is 25.4 Å². The lowest BCUT2D eigenvalue weighted by atomic mass is 9.96. The Bertz CT molecular complexity index is 928. The monoisotopic (exact) mass is 420 g/mol. The van der Waals surface area contributed by atoms with Gasteiger partial charge >= 0.3 is 0 Å². The molecule has 1 amide bonds. The Balaban J connectivity index is 2.12. The molecule has 0 radical (unpaired) electrons. The van der Waals surface area contributed by atoms with Gasteiger partial charge in [0.1, 0.15) is 24.4 Å². The van der Waals surface area contributed by atoms with E-state index in [2.05, 4.69) is 17.0 Å². The molecule has 10 heteroatoms. The van der Waals surface area contributed by atoms with Crippen LogP contribution in [0.2, 0.25) is 0 Å². The third-order valence-corrected chi connectivity index (χ3v) is 5.15. The van der Waals surface area contributed by atoms with Gasteiger partial charge in [0, 0.05) is 19.0 Å². The first-order chi connectivity index (χ1) is 13.9. The standard InChI is InChI=1S/C19H24N4O5S/c1-3-9-22-17(12-7-5-4-6-8-12)21-23(19(22)29)18-14(20-11(2)25)16(27)15(26)13(10-24)28-18/h3-8,13-16,18,24,26-27H,1,9-10H2,2H3,(H,20,25). The van der Waals surface area contributed by atoms with Gasteiger partial charge in [0.2, 0.25) is 10.7 Å². The van der Waals surface area contributed by atoms with Gasteiger partial charge in [-0.1, -0.05) is 36.4 Å². The van der Waals surface area contributed by atoms with Crippen LogP contribution in [0.15, 0.2) is 43.0 Å². The van der Waals surface area contributed by atoms with E-state index in [1.165, 1.54) is 11.6 Å². The zero-order valence-corrected chi connectivity index (χ0v) is 16.7. The molecule has 0 bridgehead atoms. The summed E-state index contributed by atoms with van der Waals surface area (Å²) in [5, 5.41) is 37.5. The molecule has 29 heavy (non-hydrogen) atoms. The van der Waals surface area contributed by atoms with Gasteiger partial charge in [0.05, 0.1) is 6.61 Å². The summed E-state index contributed by atoms with van der Waals surface area (Å²) in [5.74, 6) is 0.138. The highest BCUT2D eigenvalue weighted by Crippen LogP contribution is 2.30. The van der Waals surface area contributed by atoms with Gasteiger partial charge in [-0.3, -0.25) is 9.36 Å². The largest absolute Gasteiger partial charge is 0.394 e. The summed E-state index contributed by atoms with van der Waals surface area (Å²) in [7, 11) is 0. The van der Waals surface area contributed by atoms with E-state index in [-0.39, 0.29) is 4.77 Å².